The van der Waals surface area contributed by atoms with Gasteiger partial charge in [-0.2, -0.15) is 13.2 Å². The van der Waals surface area contributed by atoms with Gasteiger partial charge in [-0.25, -0.2) is 0 Å². The summed E-state index contributed by atoms with van der Waals surface area (Å²) < 4.78 is 38.8. The van der Waals surface area contributed by atoms with Gasteiger partial charge in [0.25, 0.3) is 0 Å². The second-order valence-electron chi connectivity index (χ2n) is 6.65. The van der Waals surface area contributed by atoms with E-state index in [1.165, 1.54) is 4.90 Å². The molecule has 24 heavy (non-hydrogen) atoms. The normalized spacial score (nSPS) is 28.5. The lowest BCUT2D eigenvalue weighted by atomic mass is 10.0. The monoisotopic (exact) mass is 342 g/mol. The zero-order valence-corrected chi connectivity index (χ0v) is 13.3. The molecule has 1 N–H and O–H groups in total. The maximum absolute atomic E-state index is 12.9. The minimum Gasteiger partial charge on any atom is -0.379 e. The highest BCUT2D eigenvalue weighted by molar-refractivity contribution is 5.82. The molecule has 0 saturated carbocycles. The Kier molecular flexibility index (Phi) is 4.57. The first-order valence-corrected chi connectivity index (χ1v) is 8.16. The number of rotatable bonds is 3. The lowest BCUT2D eigenvalue weighted by Gasteiger charge is -2.29. The number of halogens is 3. The average molecular weight is 342 g/mol. The Bertz CT molecular complexity index is 593. The Balaban J connectivity index is 1.66. The highest BCUT2D eigenvalue weighted by atomic mass is 19.4. The van der Waals surface area contributed by atoms with E-state index in [9.17, 15) is 23.1 Å². The number of benzene rings is 1. The predicted octanol–water partition coefficient (Wildman–Crippen LogP) is 2.18. The molecule has 132 valence electrons. The molecule has 2 heterocycles. The quantitative estimate of drug-likeness (QED) is 0.916. The van der Waals surface area contributed by atoms with Crippen LogP contribution in [0.15, 0.2) is 30.3 Å². The molecular formula is C17H21F3N2O2. The van der Waals surface area contributed by atoms with Crippen LogP contribution in [0.5, 0.6) is 0 Å². The van der Waals surface area contributed by atoms with Crippen LogP contribution in [0.3, 0.4) is 0 Å². The van der Waals surface area contributed by atoms with Crippen molar-refractivity contribution in [2.45, 2.75) is 43.6 Å². The van der Waals surface area contributed by atoms with Crippen molar-refractivity contribution < 1.29 is 23.1 Å². The molecule has 0 bridgehead atoms. The van der Waals surface area contributed by atoms with E-state index in [0.717, 1.165) is 18.5 Å². The van der Waals surface area contributed by atoms with Gasteiger partial charge in [0.15, 0.2) is 5.60 Å². The van der Waals surface area contributed by atoms with E-state index < -0.39 is 30.8 Å². The van der Waals surface area contributed by atoms with E-state index in [1.807, 2.05) is 35.2 Å². The second-order valence-corrected chi connectivity index (χ2v) is 6.65. The van der Waals surface area contributed by atoms with E-state index >= 15 is 0 Å². The van der Waals surface area contributed by atoms with Crippen molar-refractivity contribution in [3.63, 3.8) is 0 Å². The molecule has 4 nitrogen and oxygen atoms in total. The minimum atomic E-state index is -4.71. The molecule has 0 spiro atoms. The van der Waals surface area contributed by atoms with E-state index in [-0.39, 0.29) is 12.5 Å². The van der Waals surface area contributed by atoms with Crippen LogP contribution in [0, 0.1) is 0 Å². The van der Waals surface area contributed by atoms with Crippen molar-refractivity contribution in [2.75, 3.05) is 19.6 Å². The molecule has 0 aliphatic carbocycles. The summed E-state index contributed by atoms with van der Waals surface area (Å²) in [5.74, 6) is -0.302. The van der Waals surface area contributed by atoms with Gasteiger partial charge < -0.3 is 10.0 Å². The number of carbonyl (C=O) groups is 1. The van der Waals surface area contributed by atoms with Crippen LogP contribution in [0.2, 0.25) is 0 Å². The molecule has 0 radical (unpaired) electrons. The van der Waals surface area contributed by atoms with Gasteiger partial charge in [0, 0.05) is 19.5 Å². The van der Waals surface area contributed by atoms with Gasteiger partial charge in [0.2, 0.25) is 5.91 Å². The maximum atomic E-state index is 12.9. The molecule has 2 aliphatic heterocycles. The van der Waals surface area contributed by atoms with E-state index in [4.69, 9.17) is 0 Å². The SMILES string of the molecule is O=C([C@H]1CCCN1Cc1ccccc1)N1CC[C@@](O)(C(F)(F)F)C1. The molecule has 3 rings (SSSR count). The number of likely N-dealkylation sites (tertiary alicyclic amines) is 2. The zero-order valence-electron chi connectivity index (χ0n) is 13.3. The predicted molar refractivity (Wildman–Crippen MR) is 82.1 cm³/mol. The molecule has 2 saturated heterocycles. The van der Waals surface area contributed by atoms with Gasteiger partial charge >= 0.3 is 6.18 Å². The van der Waals surface area contributed by atoms with Gasteiger partial charge in [0.05, 0.1) is 12.6 Å². The first-order chi connectivity index (χ1) is 11.3. The number of hydrogen-bond donors (Lipinski definition) is 1. The van der Waals surface area contributed by atoms with Crippen LogP contribution >= 0.6 is 0 Å². The van der Waals surface area contributed by atoms with Crippen molar-refractivity contribution in [3.05, 3.63) is 35.9 Å². The standard InChI is InChI=1S/C17H21F3N2O2/c18-17(19,20)16(24)8-10-22(12-16)15(23)14-7-4-9-21(14)11-13-5-2-1-3-6-13/h1-3,5-6,14,24H,4,7-12H2/t14-,16+/m1/s1. The summed E-state index contributed by atoms with van der Waals surface area (Å²) >= 11 is 0. The fraction of sp³-hybridized carbons (Fsp3) is 0.588. The van der Waals surface area contributed by atoms with Gasteiger partial charge in [-0.1, -0.05) is 30.3 Å². The summed E-state index contributed by atoms with van der Waals surface area (Å²) in [5, 5.41) is 9.76. The fourth-order valence-electron chi connectivity index (χ4n) is 3.54. The molecule has 2 aliphatic rings. The van der Waals surface area contributed by atoms with E-state index in [1.54, 1.807) is 0 Å². The fourth-order valence-corrected chi connectivity index (χ4v) is 3.54. The molecular weight excluding hydrogens is 321 g/mol. The van der Waals surface area contributed by atoms with Crippen LogP contribution in [0.4, 0.5) is 13.2 Å². The highest BCUT2D eigenvalue weighted by Gasteiger charge is 2.58. The third-order valence-corrected chi connectivity index (χ3v) is 4.96. The first-order valence-electron chi connectivity index (χ1n) is 8.16. The lowest BCUT2D eigenvalue weighted by molar-refractivity contribution is -0.253. The molecule has 1 aromatic rings. The maximum Gasteiger partial charge on any atom is 0.419 e. The summed E-state index contributed by atoms with van der Waals surface area (Å²) in [6, 6.07) is 9.30. The van der Waals surface area contributed by atoms with Crippen molar-refractivity contribution >= 4 is 5.91 Å². The van der Waals surface area contributed by atoms with Crippen LogP contribution in [-0.4, -0.2) is 58.3 Å². The summed E-state index contributed by atoms with van der Waals surface area (Å²) in [4.78, 5) is 15.9. The highest BCUT2D eigenvalue weighted by Crippen LogP contribution is 2.38. The molecule has 1 aromatic carbocycles. The van der Waals surface area contributed by atoms with Crippen LogP contribution in [0.25, 0.3) is 0 Å². The Labute approximate surface area is 138 Å². The number of β-amino-alcohol motifs (C(OH)–C–C–N with tert-alkyl or cyclic N) is 1. The molecule has 2 atom stereocenters. The number of alkyl halides is 3. The lowest BCUT2D eigenvalue weighted by Crippen LogP contribution is -2.50. The summed E-state index contributed by atoms with van der Waals surface area (Å²) in [6.07, 6.45) is -3.66. The van der Waals surface area contributed by atoms with Crippen LogP contribution < -0.4 is 0 Å². The van der Waals surface area contributed by atoms with Gasteiger partial charge in [-0.15, -0.1) is 0 Å². The van der Waals surface area contributed by atoms with Crippen molar-refractivity contribution in [1.82, 2.24) is 9.80 Å². The van der Waals surface area contributed by atoms with Crippen LogP contribution in [0.1, 0.15) is 24.8 Å². The van der Waals surface area contributed by atoms with Gasteiger partial charge in [0.1, 0.15) is 0 Å². The molecule has 2 fully saturated rings. The summed E-state index contributed by atoms with van der Waals surface area (Å²) in [7, 11) is 0. The number of aliphatic hydroxyl groups is 1. The number of nitrogens with zero attached hydrogens (tertiary/aromatic N) is 2. The average Bonchev–Trinajstić information content (AvgIpc) is 3.15. The molecule has 7 heteroatoms. The zero-order chi connectivity index (χ0) is 17.4. The van der Waals surface area contributed by atoms with Crippen molar-refractivity contribution in [2.24, 2.45) is 0 Å². The molecule has 0 unspecified atom stereocenters. The number of hydrogen-bond acceptors (Lipinski definition) is 3. The third kappa shape index (κ3) is 3.28. The van der Waals surface area contributed by atoms with Crippen molar-refractivity contribution in [3.8, 4) is 0 Å². The topological polar surface area (TPSA) is 43.8 Å². The summed E-state index contributed by atoms with van der Waals surface area (Å²) in [6.45, 7) is 0.646. The van der Waals surface area contributed by atoms with Crippen molar-refractivity contribution in [1.29, 1.82) is 0 Å². The molecule has 0 aromatic heterocycles. The Morgan fingerprint density at radius 2 is 1.96 bits per heavy atom. The number of amides is 1. The largest absolute Gasteiger partial charge is 0.419 e. The van der Waals surface area contributed by atoms with E-state index in [0.29, 0.717) is 13.0 Å². The Hall–Kier alpha value is -1.60. The minimum absolute atomic E-state index is 0.0511. The smallest absolute Gasteiger partial charge is 0.379 e. The Morgan fingerprint density at radius 1 is 1.25 bits per heavy atom. The summed E-state index contributed by atoms with van der Waals surface area (Å²) in [5.41, 5.74) is -1.70. The van der Waals surface area contributed by atoms with Gasteiger partial charge in [-0.3, -0.25) is 9.69 Å². The third-order valence-electron chi connectivity index (χ3n) is 4.96. The Morgan fingerprint density at radius 3 is 2.58 bits per heavy atom. The first kappa shape index (κ1) is 17.2. The van der Waals surface area contributed by atoms with E-state index in [2.05, 4.69) is 0 Å². The van der Waals surface area contributed by atoms with Gasteiger partial charge in [-0.05, 0) is 24.9 Å². The number of carbonyl (C=O) groups excluding carboxylic acids is 1. The molecule has 1 amide bonds. The van der Waals surface area contributed by atoms with Crippen LogP contribution in [-0.2, 0) is 11.3 Å². The second kappa shape index (κ2) is 6.37.